The molecular weight excluding hydrogens is 356 g/mol. The summed E-state index contributed by atoms with van der Waals surface area (Å²) < 4.78 is 78.9. The number of imidazole rings is 1. The highest BCUT2D eigenvalue weighted by Crippen LogP contribution is 2.35. The molecule has 0 saturated heterocycles. The van der Waals surface area contributed by atoms with Crippen LogP contribution in [-0.4, -0.2) is 44.8 Å². The summed E-state index contributed by atoms with van der Waals surface area (Å²) in [6.07, 6.45) is -10.0. The third-order valence-electron chi connectivity index (χ3n) is 2.56. The summed E-state index contributed by atoms with van der Waals surface area (Å²) in [5, 5.41) is -0.0857. The number of fused-ring (bicyclic) bond motifs is 1. The zero-order valence-corrected chi connectivity index (χ0v) is 11.7. The van der Waals surface area contributed by atoms with E-state index in [1.54, 1.807) is 0 Å². The Balaban J connectivity index is 2.03. The molecule has 1 atom stereocenters. The molecule has 0 amide bonds. The smallest absolute Gasteiger partial charge is 0.368 e. The molecule has 128 valence electrons. The summed E-state index contributed by atoms with van der Waals surface area (Å²) in [5.74, 6) is -4.98. The fraction of sp³-hybridized carbons (Fsp3) is 0.500. The second-order valence-corrected chi connectivity index (χ2v) is 4.77. The Morgan fingerprint density at radius 2 is 1.83 bits per heavy atom. The highest BCUT2D eigenvalue weighted by atomic mass is 35.5. The first-order chi connectivity index (χ1) is 10.5. The Kier molecular flexibility index (Phi) is 4.57. The first-order valence-electron chi connectivity index (χ1n) is 5.84. The molecule has 3 N–H and O–H groups in total. The number of hydrogen-bond acceptors (Lipinski definition) is 5. The van der Waals surface area contributed by atoms with Crippen molar-refractivity contribution >= 4 is 28.7 Å². The lowest BCUT2D eigenvalue weighted by Gasteiger charge is -2.22. The number of nitrogens with one attached hydrogen (secondary N) is 1. The van der Waals surface area contributed by atoms with Gasteiger partial charge >= 0.3 is 12.1 Å². The van der Waals surface area contributed by atoms with Crippen molar-refractivity contribution in [2.75, 3.05) is 12.3 Å². The molecule has 0 spiro atoms. The summed E-state index contributed by atoms with van der Waals surface area (Å²) in [6.45, 7) is -2.43. The molecule has 2 heterocycles. The number of nitrogens with two attached hydrogens (primary N) is 1. The zero-order chi connectivity index (χ0) is 17.4. The van der Waals surface area contributed by atoms with Crippen LogP contribution in [0, 0.1) is 0 Å². The van der Waals surface area contributed by atoms with Crippen LogP contribution in [0.5, 0.6) is 0 Å². The molecule has 0 fully saturated rings. The second-order valence-electron chi connectivity index (χ2n) is 4.41. The van der Waals surface area contributed by atoms with E-state index >= 15 is 0 Å². The Morgan fingerprint density at radius 1 is 1.17 bits per heavy atom. The van der Waals surface area contributed by atoms with Gasteiger partial charge in [-0.05, 0) is 0 Å². The van der Waals surface area contributed by atoms with Gasteiger partial charge in [-0.2, -0.15) is 23.1 Å². The zero-order valence-electron chi connectivity index (χ0n) is 11.0. The van der Waals surface area contributed by atoms with E-state index in [1.165, 1.54) is 0 Å². The number of aromatic nitrogens is 4. The third kappa shape index (κ3) is 3.93. The summed E-state index contributed by atoms with van der Waals surface area (Å²) in [5.41, 5.74) is 5.49. The third-order valence-corrected chi connectivity index (χ3v) is 2.84. The highest BCUT2D eigenvalue weighted by Gasteiger charge is 2.56. The van der Waals surface area contributed by atoms with Gasteiger partial charge in [0.05, 0.1) is 0 Å². The molecule has 0 bridgehead atoms. The minimum atomic E-state index is -5.69. The van der Waals surface area contributed by atoms with E-state index in [2.05, 4.69) is 24.7 Å². The van der Waals surface area contributed by atoms with E-state index in [1.807, 2.05) is 0 Å². The van der Waals surface area contributed by atoms with E-state index in [9.17, 15) is 26.3 Å². The van der Waals surface area contributed by atoms with E-state index < -0.39 is 31.5 Å². The van der Waals surface area contributed by atoms with Crippen molar-refractivity contribution in [2.24, 2.45) is 0 Å². The number of alkyl halides is 6. The van der Waals surface area contributed by atoms with Gasteiger partial charge in [-0.15, -0.1) is 0 Å². The molecule has 0 aromatic carbocycles. The van der Waals surface area contributed by atoms with Crippen LogP contribution in [0.3, 0.4) is 0 Å². The van der Waals surface area contributed by atoms with Crippen molar-refractivity contribution in [3.05, 3.63) is 11.0 Å². The van der Waals surface area contributed by atoms with Gasteiger partial charge in [-0.25, -0.2) is 18.2 Å². The lowest BCUT2D eigenvalue weighted by atomic mass is 10.2. The number of H-pyrrole nitrogens is 1. The first kappa shape index (κ1) is 17.5. The summed E-state index contributed by atoms with van der Waals surface area (Å²) >= 11 is 5.74. The van der Waals surface area contributed by atoms with Crippen LogP contribution in [0.15, 0.2) is 0 Å². The summed E-state index contributed by atoms with van der Waals surface area (Å²) in [7, 11) is 0. The lowest BCUT2D eigenvalue weighted by Crippen LogP contribution is -2.44. The highest BCUT2D eigenvalue weighted by molar-refractivity contribution is 6.33. The number of hydrogen-bond donors (Lipinski definition) is 2. The molecule has 0 saturated carbocycles. The quantitative estimate of drug-likeness (QED) is 0.629. The van der Waals surface area contributed by atoms with Gasteiger partial charge < -0.3 is 15.5 Å². The number of aromatic amines is 1. The van der Waals surface area contributed by atoms with Crippen molar-refractivity contribution in [2.45, 2.75) is 24.9 Å². The van der Waals surface area contributed by atoms with Crippen LogP contribution in [0.4, 0.5) is 32.3 Å². The molecule has 0 radical (unpaired) electrons. The van der Waals surface area contributed by atoms with Gasteiger partial charge in [0.1, 0.15) is 24.6 Å². The topological polar surface area (TPSA) is 89.7 Å². The Bertz CT molecular complexity index is 705. The van der Waals surface area contributed by atoms with E-state index in [0.717, 1.165) is 0 Å². The van der Waals surface area contributed by atoms with Gasteiger partial charge in [-0.3, -0.25) is 0 Å². The molecule has 6 nitrogen and oxygen atoms in total. The molecule has 2 aromatic rings. The molecule has 23 heavy (non-hydrogen) atoms. The van der Waals surface area contributed by atoms with Gasteiger partial charge in [-0.1, -0.05) is 11.6 Å². The first-order valence-corrected chi connectivity index (χ1v) is 6.22. The van der Waals surface area contributed by atoms with E-state index in [4.69, 9.17) is 17.3 Å². The Morgan fingerprint density at radius 3 is 2.43 bits per heavy atom. The van der Waals surface area contributed by atoms with Crippen LogP contribution in [0.1, 0.15) is 5.82 Å². The number of halogens is 7. The molecule has 0 aliphatic carbocycles. The fourth-order valence-corrected chi connectivity index (χ4v) is 1.81. The second kappa shape index (κ2) is 6.00. The van der Waals surface area contributed by atoms with Gasteiger partial charge in [0.25, 0.3) is 6.17 Å². The number of rotatable bonds is 5. The molecule has 1 unspecified atom stereocenters. The minimum Gasteiger partial charge on any atom is -0.368 e. The standard InChI is InChI=1S/C10H8ClF6N5O/c11-5-4-6(22-8(18)21-5)20-3(19-4)1-23-2-9(13,14)7(12)10(15,16)17/h7H,1-2H2,(H3,18,19,20,21,22). The average Bonchev–Trinajstić information content (AvgIpc) is 2.79. The molecule has 2 aromatic heterocycles. The minimum absolute atomic E-state index is 0.0199. The van der Waals surface area contributed by atoms with E-state index in [0.29, 0.717) is 0 Å². The molecule has 2 rings (SSSR count). The van der Waals surface area contributed by atoms with Crippen LogP contribution in [0.2, 0.25) is 5.15 Å². The lowest BCUT2D eigenvalue weighted by molar-refractivity contribution is -0.256. The molecule has 13 heteroatoms. The van der Waals surface area contributed by atoms with Crippen LogP contribution in [0.25, 0.3) is 11.2 Å². The normalized spacial score (nSPS) is 14.4. The number of nitrogen functional groups attached to an aromatic ring is 1. The van der Waals surface area contributed by atoms with Crippen molar-refractivity contribution in [3.63, 3.8) is 0 Å². The van der Waals surface area contributed by atoms with Crippen molar-refractivity contribution in [1.29, 1.82) is 0 Å². The van der Waals surface area contributed by atoms with E-state index in [-0.39, 0.29) is 28.1 Å². The number of nitrogens with zero attached hydrogens (tertiary/aromatic N) is 3. The SMILES string of the molecule is Nc1nc(Cl)c2[nH]c(COCC(F)(F)C(F)C(F)(F)F)nc2n1. The van der Waals surface area contributed by atoms with Crippen LogP contribution >= 0.6 is 11.6 Å². The predicted octanol–water partition coefficient (Wildman–Crippen LogP) is 2.64. The van der Waals surface area contributed by atoms with Gasteiger partial charge in [0.2, 0.25) is 5.95 Å². The number of anilines is 1. The summed E-state index contributed by atoms with van der Waals surface area (Å²) in [4.78, 5) is 13.6. The monoisotopic (exact) mass is 363 g/mol. The molecule has 0 aliphatic rings. The largest absolute Gasteiger partial charge is 0.425 e. The van der Waals surface area contributed by atoms with Crippen molar-refractivity contribution < 1.29 is 31.1 Å². The Labute approximate surface area is 129 Å². The number of ether oxygens (including phenoxy) is 1. The maximum Gasteiger partial charge on any atom is 0.425 e. The molecular formula is C10H8ClF6N5O. The van der Waals surface area contributed by atoms with Crippen LogP contribution < -0.4 is 5.73 Å². The van der Waals surface area contributed by atoms with Crippen molar-refractivity contribution in [3.8, 4) is 0 Å². The maximum absolute atomic E-state index is 13.0. The average molecular weight is 364 g/mol. The van der Waals surface area contributed by atoms with Gasteiger partial charge in [0, 0.05) is 0 Å². The van der Waals surface area contributed by atoms with Crippen LogP contribution in [-0.2, 0) is 11.3 Å². The fourth-order valence-electron chi connectivity index (χ4n) is 1.59. The molecule has 0 aliphatic heterocycles. The van der Waals surface area contributed by atoms with Crippen molar-refractivity contribution in [1.82, 2.24) is 19.9 Å². The van der Waals surface area contributed by atoms with Gasteiger partial charge in [0.15, 0.2) is 10.8 Å². The predicted molar refractivity (Wildman–Crippen MR) is 66.7 cm³/mol. The summed E-state index contributed by atoms with van der Waals surface area (Å²) in [6, 6.07) is 0. The maximum atomic E-state index is 13.0. The Hall–Kier alpha value is -1.82.